The van der Waals surface area contributed by atoms with Crippen LogP contribution in [-0.2, 0) is 4.79 Å². The Hall–Kier alpha value is -2.24. The molecule has 3 N–H and O–H groups in total. The van der Waals surface area contributed by atoms with Gasteiger partial charge in [-0.2, -0.15) is 0 Å². The smallest absolute Gasteiger partial charge is 0.314 e. The van der Waals surface area contributed by atoms with E-state index in [1.807, 2.05) is 31.2 Å². The van der Waals surface area contributed by atoms with Crippen LogP contribution in [0.4, 0.5) is 4.79 Å². The van der Waals surface area contributed by atoms with Crippen LogP contribution < -0.4 is 15.8 Å². The first-order valence-corrected chi connectivity index (χ1v) is 5.96. The zero-order valence-corrected chi connectivity index (χ0v) is 11.2. The summed E-state index contributed by atoms with van der Waals surface area (Å²) in [5, 5.41) is 2.64. The number of nitrogens with two attached hydrogens (primary N) is 1. The number of benzene rings is 1. The Labute approximate surface area is 112 Å². The minimum absolute atomic E-state index is 0.0557. The van der Waals surface area contributed by atoms with Gasteiger partial charge in [0, 0.05) is 7.05 Å². The van der Waals surface area contributed by atoms with E-state index >= 15 is 0 Å². The molecule has 1 rings (SSSR count). The van der Waals surface area contributed by atoms with Crippen molar-refractivity contribution in [1.29, 1.82) is 0 Å². The fraction of sp³-hybridized carbons (Fsp3) is 0.385. The van der Waals surface area contributed by atoms with Crippen molar-refractivity contribution in [2.24, 2.45) is 5.73 Å². The molecule has 0 fully saturated rings. The van der Waals surface area contributed by atoms with Crippen LogP contribution in [0.25, 0.3) is 0 Å². The average molecular weight is 265 g/mol. The van der Waals surface area contributed by atoms with Crippen LogP contribution in [0.3, 0.4) is 0 Å². The van der Waals surface area contributed by atoms with Gasteiger partial charge >= 0.3 is 6.03 Å². The van der Waals surface area contributed by atoms with Crippen molar-refractivity contribution >= 4 is 11.9 Å². The van der Waals surface area contributed by atoms with Crippen LogP contribution in [0.1, 0.15) is 5.56 Å². The molecule has 0 unspecified atom stereocenters. The first-order chi connectivity index (χ1) is 8.99. The molecule has 0 saturated carbocycles. The van der Waals surface area contributed by atoms with Crippen molar-refractivity contribution in [2.75, 3.05) is 26.7 Å². The summed E-state index contributed by atoms with van der Waals surface area (Å²) in [7, 11) is 1.46. The van der Waals surface area contributed by atoms with Crippen molar-refractivity contribution in [3.8, 4) is 5.75 Å². The number of rotatable bonds is 6. The van der Waals surface area contributed by atoms with E-state index in [2.05, 4.69) is 5.32 Å². The van der Waals surface area contributed by atoms with E-state index in [-0.39, 0.29) is 12.5 Å². The molecule has 1 aromatic rings. The number of primary amides is 1. The lowest BCUT2D eigenvalue weighted by Gasteiger charge is -2.13. The number of hydrogen-bond acceptors (Lipinski definition) is 3. The van der Waals surface area contributed by atoms with Crippen molar-refractivity contribution in [2.45, 2.75) is 6.92 Å². The van der Waals surface area contributed by atoms with E-state index in [9.17, 15) is 9.59 Å². The molecule has 0 aliphatic carbocycles. The van der Waals surface area contributed by atoms with Crippen molar-refractivity contribution in [3.63, 3.8) is 0 Å². The maximum absolute atomic E-state index is 11.4. The number of hydrogen-bond donors (Lipinski definition) is 2. The fourth-order valence-electron chi connectivity index (χ4n) is 1.34. The number of carbonyl (C=O) groups excluding carboxylic acids is 2. The van der Waals surface area contributed by atoms with E-state index in [0.29, 0.717) is 13.2 Å². The molecular weight excluding hydrogens is 246 g/mol. The van der Waals surface area contributed by atoms with Gasteiger partial charge in [-0.15, -0.1) is 0 Å². The summed E-state index contributed by atoms with van der Waals surface area (Å²) in [6.07, 6.45) is 0. The van der Waals surface area contributed by atoms with E-state index in [1.54, 1.807) is 0 Å². The highest BCUT2D eigenvalue weighted by Crippen LogP contribution is 2.10. The molecule has 6 heteroatoms. The quantitative estimate of drug-likeness (QED) is 0.735. The first-order valence-electron chi connectivity index (χ1n) is 5.96. The van der Waals surface area contributed by atoms with E-state index in [1.165, 1.54) is 7.05 Å². The Morgan fingerprint density at radius 3 is 2.53 bits per heavy atom. The highest BCUT2D eigenvalue weighted by molar-refractivity contribution is 5.83. The van der Waals surface area contributed by atoms with Gasteiger partial charge < -0.3 is 20.7 Å². The Kier molecular flexibility index (Phi) is 5.66. The molecule has 3 amide bonds. The van der Waals surface area contributed by atoms with E-state index in [0.717, 1.165) is 16.2 Å². The molecule has 0 aliphatic rings. The Morgan fingerprint density at radius 1 is 1.32 bits per heavy atom. The molecule has 0 aromatic heterocycles. The summed E-state index contributed by atoms with van der Waals surface area (Å²) in [6, 6.07) is 7.02. The minimum atomic E-state index is -0.633. The van der Waals surface area contributed by atoms with Crippen LogP contribution in [0.5, 0.6) is 5.75 Å². The maximum atomic E-state index is 11.4. The van der Waals surface area contributed by atoms with E-state index in [4.69, 9.17) is 10.5 Å². The molecule has 6 nitrogen and oxygen atoms in total. The molecule has 0 spiro atoms. The molecule has 19 heavy (non-hydrogen) atoms. The largest absolute Gasteiger partial charge is 0.492 e. The highest BCUT2D eigenvalue weighted by atomic mass is 16.5. The maximum Gasteiger partial charge on any atom is 0.314 e. The SMILES string of the molecule is Cc1ccc(OCCNC(=O)CN(C)C(N)=O)cc1. The van der Waals surface area contributed by atoms with Gasteiger partial charge in [-0.25, -0.2) is 4.79 Å². The van der Waals surface area contributed by atoms with Gasteiger partial charge in [0.15, 0.2) is 0 Å². The molecule has 0 atom stereocenters. The number of likely N-dealkylation sites (N-methyl/N-ethyl adjacent to an activating group) is 1. The molecule has 0 heterocycles. The van der Waals surface area contributed by atoms with Gasteiger partial charge in [0.05, 0.1) is 6.54 Å². The summed E-state index contributed by atoms with van der Waals surface area (Å²) in [6.45, 7) is 2.69. The zero-order valence-electron chi connectivity index (χ0n) is 11.2. The molecule has 0 bridgehead atoms. The number of ether oxygens (including phenoxy) is 1. The lowest BCUT2D eigenvalue weighted by molar-refractivity contribution is -0.121. The van der Waals surface area contributed by atoms with Crippen LogP contribution in [0.15, 0.2) is 24.3 Å². The second-order valence-corrected chi connectivity index (χ2v) is 4.21. The first kappa shape index (κ1) is 14.8. The Balaban J connectivity index is 2.18. The van der Waals surface area contributed by atoms with Crippen LogP contribution in [0, 0.1) is 6.92 Å². The lowest BCUT2D eigenvalue weighted by atomic mass is 10.2. The van der Waals surface area contributed by atoms with E-state index < -0.39 is 6.03 Å². The highest BCUT2D eigenvalue weighted by Gasteiger charge is 2.08. The van der Waals surface area contributed by atoms with Crippen LogP contribution >= 0.6 is 0 Å². The predicted molar refractivity (Wildman–Crippen MR) is 71.9 cm³/mol. The standard InChI is InChI=1S/C13H19N3O3/c1-10-3-5-11(6-4-10)19-8-7-15-12(17)9-16(2)13(14)18/h3-6H,7-9H2,1-2H3,(H2,14,18)(H,15,17). The van der Waals surface area contributed by atoms with Gasteiger partial charge in [-0.05, 0) is 19.1 Å². The lowest BCUT2D eigenvalue weighted by Crippen LogP contribution is -2.41. The number of amides is 3. The van der Waals surface area contributed by atoms with Crippen LogP contribution in [0.2, 0.25) is 0 Å². The second-order valence-electron chi connectivity index (χ2n) is 4.21. The number of nitrogens with one attached hydrogen (secondary N) is 1. The predicted octanol–water partition coefficient (Wildman–Crippen LogP) is 0.501. The fourth-order valence-corrected chi connectivity index (χ4v) is 1.34. The normalized spacial score (nSPS) is 9.79. The summed E-state index contributed by atoms with van der Waals surface area (Å²) in [5.74, 6) is 0.489. The van der Waals surface area contributed by atoms with Gasteiger partial charge in [-0.3, -0.25) is 4.79 Å². The van der Waals surface area contributed by atoms with Gasteiger partial charge in [0.25, 0.3) is 0 Å². The summed E-state index contributed by atoms with van der Waals surface area (Å²) < 4.78 is 5.44. The molecule has 0 radical (unpaired) electrons. The van der Waals surface area contributed by atoms with Crippen molar-refractivity contribution < 1.29 is 14.3 Å². The third kappa shape index (κ3) is 5.76. The van der Waals surface area contributed by atoms with Crippen molar-refractivity contribution in [3.05, 3.63) is 29.8 Å². The zero-order chi connectivity index (χ0) is 14.3. The molecule has 104 valence electrons. The number of carbonyl (C=O) groups is 2. The second kappa shape index (κ2) is 7.25. The number of aryl methyl sites for hydroxylation is 1. The summed E-state index contributed by atoms with van der Waals surface area (Å²) in [5.41, 5.74) is 6.17. The summed E-state index contributed by atoms with van der Waals surface area (Å²) >= 11 is 0. The Morgan fingerprint density at radius 2 is 1.95 bits per heavy atom. The topological polar surface area (TPSA) is 84.7 Å². The minimum Gasteiger partial charge on any atom is -0.492 e. The Bertz CT molecular complexity index is 431. The third-order valence-electron chi connectivity index (χ3n) is 2.47. The number of urea groups is 1. The monoisotopic (exact) mass is 265 g/mol. The molecule has 0 saturated heterocycles. The van der Waals surface area contributed by atoms with Gasteiger partial charge in [0.2, 0.25) is 5.91 Å². The third-order valence-corrected chi connectivity index (χ3v) is 2.47. The number of nitrogens with zero attached hydrogens (tertiary/aromatic N) is 1. The van der Waals surface area contributed by atoms with Gasteiger partial charge in [-0.1, -0.05) is 17.7 Å². The molecule has 0 aliphatic heterocycles. The summed E-state index contributed by atoms with van der Waals surface area (Å²) in [4.78, 5) is 23.3. The average Bonchev–Trinajstić information content (AvgIpc) is 2.36. The van der Waals surface area contributed by atoms with Crippen molar-refractivity contribution in [1.82, 2.24) is 10.2 Å². The van der Waals surface area contributed by atoms with Crippen LogP contribution in [-0.4, -0.2) is 43.6 Å². The molecular formula is C13H19N3O3. The molecule has 1 aromatic carbocycles. The van der Waals surface area contributed by atoms with Gasteiger partial charge in [0.1, 0.15) is 18.9 Å².